The predicted octanol–water partition coefficient (Wildman–Crippen LogP) is 2.80. The lowest BCUT2D eigenvalue weighted by molar-refractivity contribution is -0.127. The number of aromatic nitrogens is 2. The number of pyridine rings is 1. The number of piperazine rings is 1. The van der Waals surface area contributed by atoms with Crippen LogP contribution in [0.1, 0.15) is 19.5 Å². The minimum Gasteiger partial charge on any atom is -0.337 e. The molecule has 1 aliphatic heterocycles. The first kappa shape index (κ1) is 17.0. The van der Waals surface area contributed by atoms with E-state index in [4.69, 9.17) is 11.6 Å². The van der Waals surface area contributed by atoms with Gasteiger partial charge < -0.3 is 4.90 Å². The molecular formula is C18H23ClN4O. The van der Waals surface area contributed by atoms with E-state index < -0.39 is 0 Å². The molecule has 5 nitrogen and oxygen atoms in total. The van der Waals surface area contributed by atoms with Gasteiger partial charge in [0.05, 0.1) is 5.69 Å². The number of carbonyl (C=O) groups is 1. The predicted molar refractivity (Wildman–Crippen MR) is 97.1 cm³/mol. The Kier molecular flexibility index (Phi) is 5.21. The molecule has 0 spiro atoms. The molecule has 0 atom stereocenters. The van der Waals surface area contributed by atoms with E-state index in [-0.39, 0.29) is 5.91 Å². The molecule has 24 heavy (non-hydrogen) atoms. The number of hydrogen-bond acceptors (Lipinski definition) is 3. The Balaban J connectivity index is 1.64. The van der Waals surface area contributed by atoms with E-state index in [0.717, 1.165) is 44.1 Å². The zero-order chi connectivity index (χ0) is 17.1. The number of amides is 1. The number of hydrogen-bond donors (Lipinski definition) is 0. The first-order valence-corrected chi connectivity index (χ1v) is 8.74. The van der Waals surface area contributed by atoms with Gasteiger partial charge in [-0.15, -0.1) is 0 Å². The van der Waals surface area contributed by atoms with Crippen molar-refractivity contribution in [3.63, 3.8) is 0 Å². The summed E-state index contributed by atoms with van der Waals surface area (Å²) < 4.78 is 1.88. The second kappa shape index (κ2) is 7.36. The molecule has 0 aromatic carbocycles. The van der Waals surface area contributed by atoms with Crippen molar-refractivity contribution in [1.29, 1.82) is 0 Å². The summed E-state index contributed by atoms with van der Waals surface area (Å²) in [7, 11) is 0. The van der Waals surface area contributed by atoms with Crippen molar-refractivity contribution in [3.05, 3.63) is 41.3 Å². The quantitative estimate of drug-likeness (QED) is 0.799. The number of rotatable bonds is 4. The molecule has 3 heterocycles. The topological polar surface area (TPSA) is 40.8 Å². The van der Waals surface area contributed by atoms with E-state index in [9.17, 15) is 4.79 Å². The molecule has 0 saturated carbocycles. The molecule has 0 radical (unpaired) electrons. The summed E-state index contributed by atoms with van der Waals surface area (Å²) >= 11 is 6.19. The van der Waals surface area contributed by atoms with Crippen LogP contribution in [0.15, 0.2) is 30.5 Å². The Bertz CT molecular complexity index is 745. The van der Waals surface area contributed by atoms with Gasteiger partial charge in [0.2, 0.25) is 5.91 Å². The number of halogens is 1. The van der Waals surface area contributed by atoms with Crippen LogP contribution in [-0.2, 0) is 4.79 Å². The summed E-state index contributed by atoms with van der Waals surface area (Å²) in [6.07, 6.45) is 5.24. The van der Waals surface area contributed by atoms with Crippen LogP contribution in [0, 0.1) is 5.92 Å². The first-order valence-electron chi connectivity index (χ1n) is 8.36. The number of fused-ring (bicyclic) bond motifs is 1. The van der Waals surface area contributed by atoms with Crippen LogP contribution in [0.2, 0.25) is 5.15 Å². The summed E-state index contributed by atoms with van der Waals surface area (Å²) in [6.45, 7) is 8.96. The molecule has 0 N–H and O–H groups in total. The lowest BCUT2D eigenvalue weighted by Crippen LogP contribution is -2.49. The Morgan fingerprint density at radius 1 is 1.29 bits per heavy atom. The van der Waals surface area contributed by atoms with E-state index >= 15 is 0 Å². The number of imidazole rings is 1. The van der Waals surface area contributed by atoms with Gasteiger partial charge in [-0.3, -0.25) is 14.1 Å². The molecule has 1 saturated heterocycles. The van der Waals surface area contributed by atoms with Crippen molar-refractivity contribution in [1.82, 2.24) is 19.2 Å². The Hall–Kier alpha value is -1.85. The van der Waals surface area contributed by atoms with Gasteiger partial charge in [-0.2, -0.15) is 0 Å². The fourth-order valence-electron chi connectivity index (χ4n) is 3.06. The van der Waals surface area contributed by atoms with Crippen LogP contribution < -0.4 is 0 Å². The SMILES string of the molecule is CC(C)CN1CCN(C(=O)/C=C/c2c(Cl)nc3ccccn23)CC1. The maximum atomic E-state index is 12.4. The van der Waals surface area contributed by atoms with Gasteiger partial charge in [0, 0.05) is 45.0 Å². The lowest BCUT2D eigenvalue weighted by atomic mass is 10.2. The standard InChI is InChI=1S/C18H23ClN4O/c1-14(2)13-21-9-11-22(12-10-21)17(24)7-6-15-18(19)20-16-5-3-4-8-23(15)16/h3-8,14H,9-13H2,1-2H3/b7-6+. The van der Waals surface area contributed by atoms with Crippen molar-refractivity contribution in [2.75, 3.05) is 32.7 Å². The molecule has 1 amide bonds. The van der Waals surface area contributed by atoms with E-state index in [1.807, 2.05) is 33.7 Å². The third kappa shape index (κ3) is 3.79. The van der Waals surface area contributed by atoms with Crippen LogP contribution in [-0.4, -0.2) is 57.8 Å². The normalized spacial score (nSPS) is 16.6. The summed E-state index contributed by atoms with van der Waals surface area (Å²) in [6, 6.07) is 5.71. The molecule has 1 aliphatic rings. The van der Waals surface area contributed by atoms with E-state index in [1.54, 1.807) is 12.2 Å². The third-order valence-corrected chi connectivity index (χ3v) is 4.49. The fourth-order valence-corrected chi connectivity index (χ4v) is 3.30. The number of nitrogens with zero attached hydrogens (tertiary/aromatic N) is 4. The second-order valence-corrected chi connectivity index (χ2v) is 6.93. The van der Waals surface area contributed by atoms with E-state index in [0.29, 0.717) is 11.1 Å². The van der Waals surface area contributed by atoms with Gasteiger partial charge in [-0.05, 0) is 24.1 Å². The fraction of sp³-hybridized carbons (Fsp3) is 0.444. The molecule has 3 rings (SSSR count). The van der Waals surface area contributed by atoms with Gasteiger partial charge >= 0.3 is 0 Å². The molecule has 1 fully saturated rings. The van der Waals surface area contributed by atoms with Crippen LogP contribution in [0.4, 0.5) is 0 Å². The average molecular weight is 347 g/mol. The average Bonchev–Trinajstić information content (AvgIpc) is 2.88. The maximum absolute atomic E-state index is 12.4. The van der Waals surface area contributed by atoms with Gasteiger partial charge in [-0.1, -0.05) is 31.5 Å². The van der Waals surface area contributed by atoms with E-state index in [2.05, 4.69) is 23.7 Å². The first-order chi connectivity index (χ1) is 11.5. The van der Waals surface area contributed by atoms with Crippen molar-refractivity contribution < 1.29 is 4.79 Å². The summed E-state index contributed by atoms with van der Waals surface area (Å²) in [5.41, 5.74) is 1.51. The zero-order valence-electron chi connectivity index (χ0n) is 14.2. The summed E-state index contributed by atoms with van der Waals surface area (Å²) in [5.74, 6) is 0.686. The van der Waals surface area contributed by atoms with Gasteiger partial charge in [0.1, 0.15) is 5.65 Å². The van der Waals surface area contributed by atoms with Crippen LogP contribution in [0.5, 0.6) is 0 Å². The van der Waals surface area contributed by atoms with Crippen molar-refractivity contribution in [2.24, 2.45) is 5.92 Å². The minimum absolute atomic E-state index is 0.0288. The smallest absolute Gasteiger partial charge is 0.246 e. The highest BCUT2D eigenvalue weighted by molar-refractivity contribution is 6.31. The highest BCUT2D eigenvalue weighted by atomic mass is 35.5. The molecule has 0 unspecified atom stereocenters. The third-order valence-electron chi connectivity index (χ3n) is 4.21. The Morgan fingerprint density at radius 2 is 2.04 bits per heavy atom. The minimum atomic E-state index is 0.0288. The Morgan fingerprint density at radius 3 is 2.75 bits per heavy atom. The van der Waals surface area contributed by atoms with Crippen molar-refractivity contribution in [2.45, 2.75) is 13.8 Å². The van der Waals surface area contributed by atoms with Gasteiger partial charge in [0.25, 0.3) is 0 Å². The highest BCUT2D eigenvalue weighted by Gasteiger charge is 2.20. The molecule has 2 aromatic rings. The van der Waals surface area contributed by atoms with Crippen molar-refractivity contribution in [3.8, 4) is 0 Å². The molecule has 6 heteroatoms. The second-order valence-electron chi connectivity index (χ2n) is 6.57. The summed E-state index contributed by atoms with van der Waals surface area (Å²) in [4.78, 5) is 21.0. The molecule has 0 bridgehead atoms. The number of carbonyl (C=O) groups excluding carboxylic acids is 1. The Labute approximate surface area is 147 Å². The largest absolute Gasteiger partial charge is 0.337 e. The lowest BCUT2D eigenvalue weighted by Gasteiger charge is -2.35. The van der Waals surface area contributed by atoms with Crippen LogP contribution >= 0.6 is 11.6 Å². The van der Waals surface area contributed by atoms with Gasteiger partial charge in [-0.25, -0.2) is 4.98 Å². The van der Waals surface area contributed by atoms with E-state index in [1.165, 1.54) is 0 Å². The molecular weight excluding hydrogens is 324 g/mol. The zero-order valence-corrected chi connectivity index (χ0v) is 14.9. The van der Waals surface area contributed by atoms with Crippen LogP contribution in [0.3, 0.4) is 0 Å². The molecule has 2 aromatic heterocycles. The van der Waals surface area contributed by atoms with Gasteiger partial charge in [0.15, 0.2) is 5.15 Å². The monoisotopic (exact) mass is 346 g/mol. The molecule has 128 valence electrons. The highest BCUT2D eigenvalue weighted by Crippen LogP contribution is 2.19. The summed E-state index contributed by atoms with van der Waals surface area (Å²) in [5, 5.41) is 0.409. The van der Waals surface area contributed by atoms with Crippen molar-refractivity contribution >= 4 is 29.2 Å². The van der Waals surface area contributed by atoms with Crippen LogP contribution in [0.25, 0.3) is 11.7 Å². The molecule has 0 aliphatic carbocycles. The maximum Gasteiger partial charge on any atom is 0.246 e.